The van der Waals surface area contributed by atoms with Crippen molar-refractivity contribution in [3.63, 3.8) is 0 Å². The maximum atomic E-state index is 13.3. The van der Waals surface area contributed by atoms with Gasteiger partial charge in [-0.05, 0) is 77.0 Å². The number of allylic oxidation sites excluding steroid dienone is 8. The first kappa shape index (κ1) is 64.8. The number of ether oxygens (including phenoxy) is 1. The van der Waals surface area contributed by atoms with Crippen LogP contribution in [0.4, 0.5) is 0 Å². The van der Waals surface area contributed by atoms with E-state index in [0.29, 0.717) is 19.3 Å². The van der Waals surface area contributed by atoms with Gasteiger partial charge in [-0.25, -0.2) is 0 Å². The minimum Gasteiger partial charge on any atom is -0.462 e. The Morgan fingerprint density at radius 2 is 0.746 bits per heavy atom. The van der Waals surface area contributed by atoms with Crippen LogP contribution in [0.3, 0.4) is 0 Å². The second kappa shape index (κ2) is 54.8. The Labute approximate surface area is 416 Å². The maximum absolute atomic E-state index is 13.3. The van der Waals surface area contributed by atoms with Crippen LogP contribution in [0, 0.1) is 0 Å². The molecular formula is C61H113NO5. The second-order valence-electron chi connectivity index (χ2n) is 20.1. The lowest BCUT2D eigenvalue weighted by Crippen LogP contribution is -2.46. The van der Waals surface area contributed by atoms with Gasteiger partial charge in [-0.1, -0.05) is 262 Å². The number of carbonyl (C=O) groups excluding carboxylic acids is 2. The summed E-state index contributed by atoms with van der Waals surface area (Å²) >= 11 is 0. The van der Waals surface area contributed by atoms with Gasteiger partial charge in [-0.3, -0.25) is 9.59 Å². The van der Waals surface area contributed by atoms with E-state index in [-0.39, 0.29) is 24.9 Å². The lowest BCUT2D eigenvalue weighted by molar-refractivity contribution is -0.151. The van der Waals surface area contributed by atoms with E-state index < -0.39 is 18.2 Å². The highest BCUT2D eigenvalue weighted by Crippen LogP contribution is 2.18. The summed E-state index contributed by atoms with van der Waals surface area (Å²) in [6.07, 6.45) is 67.5. The number of esters is 1. The molecule has 0 radical (unpaired) electrons. The Kier molecular flexibility index (Phi) is 53.0. The van der Waals surface area contributed by atoms with Crippen molar-refractivity contribution in [1.29, 1.82) is 0 Å². The fraction of sp³-hybridized carbons (Fsp3) is 0.836. The SMILES string of the molecule is CCCCC/C=C/C=C/CCCCCCCCC(=O)OC(CCCCC/C=C/C=C/CCCCCCCCC)CC(=O)NC(CO)C(O)CCCCCCCCCCCCCCCCCCC. The molecule has 0 saturated carbocycles. The molecule has 0 rings (SSSR count). The number of hydrogen-bond acceptors (Lipinski definition) is 5. The van der Waals surface area contributed by atoms with Crippen LogP contribution in [0.15, 0.2) is 48.6 Å². The molecule has 0 aromatic rings. The molecule has 0 aromatic heterocycles. The summed E-state index contributed by atoms with van der Waals surface area (Å²) in [5.41, 5.74) is 0. The minimum atomic E-state index is -0.798. The van der Waals surface area contributed by atoms with E-state index in [4.69, 9.17) is 4.74 Å². The molecule has 3 atom stereocenters. The summed E-state index contributed by atoms with van der Waals surface area (Å²) < 4.78 is 5.95. The average molecular weight is 941 g/mol. The number of hydrogen-bond donors (Lipinski definition) is 3. The van der Waals surface area contributed by atoms with Crippen LogP contribution in [-0.4, -0.2) is 46.9 Å². The summed E-state index contributed by atoms with van der Waals surface area (Å²) in [6.45, 7) is 6.47. The normalized spacial score (nSPS) is 13.4. The summed E-state index contributed by atoms with van der Waals surface area (Å²) in [6, 6.07) is -0.713. The van der Waals surface area contributed by atoms with E-state index in [2.05, 4.69) is 74.7 Å². The summed E-state index contributed by atoms with van der Waals surface area (Å²) in [5.74, 6) is -0.503. The van der Waals surface area contributed by atoms with Crippen LogP contribution < -0.4 is 5.32 Å². The van der Waals surface area contributed by atoms with Crippen molar-refractivity contribution in [1.82, 2.24) is 5.32 Å². The molecule has 0 bridgehead atoms. The first-order valence-electron chi connectivity index (χ1n) is 29.4. The van der Waals surface area contributed by atoms with E-state index in [0.717, 1.165) is 77.0 Å². The topological polar surface area (TPSA) is 95.9 Å². The number of unbranched alkanes of at least 4 members (excludes halogenated alkanes) is 35. The third-order valence-electron chi connectivity index (χ3n) is 13.4. The zero-order chi connectivity index (χ0) is 48.8. The number of rotatable bonds is 53. The standard InChI is InChI=1S/C61H113NO5/c1-4-7-10-13-16-19-22-25-28-30-33-35-38-41-44-47-50-53-59(64)58(56-63)62-60(65)55-57(52-49-46-43-40-37-34-32-29-26-23-20-17-14-11-8-5-2)67-61(66)54-51-48-45-42-39-36-31-27-24-21-18-15-12-9-6-3/h18,21,24,27,29,32,34,37,57-59,63-64H,4-17,19-20,22-23,25-26,28,30-31,33,35-36,38-56H2,1-3H3,(H,62,65)/b21-18+,27-24+,32-29+,37-34+. The Balaban J connectivity index is 4.59. The predicted octanol–water partition coefficient (Wildman–Crippen LogP) is 18.2. The molecule has 0 aliphatic carbocycles. The van der Waals surface area contributed by atoms with Crippen molar-refractivity contribution in [3.05, 3.63) is 48.6 Å². The van der Waals surface area contributed by atoms with Gasteiger partial charge in [0.25, 0.3) is 0 Å². The highest BCUT2D eigenvalue weighted by atomic mass is 16.5. The van der Waals surface area contributed by atoms with Crippen molar-refractivity contribution in [2.24, 2.45) is 0 Å². The van der Waals surface area contributed by atoms with E-state index in [1.54, 1.807) is 0 Å². The fourth-order valence-corrected chi connectivity index (χ4v) is 8.94. The smallest absolute Gasteiger partial charge is 0.306 e. The van der Waals surface area contributed by atoms with Crippen LogP contribution in [-0.2, 0) is 14.3 Å². The summed E-state index contributed by atoms with van der Waals surface area (Å²) in [5, 5.41) is 23.9. The van der Waals surface area contributed by atoms with Crippen LogP contribution in [0.25, 0.3) is 0 Å². The van der Waals surface area contributed by atoms with Crippen LogP contribution in [0.5, 0.6) is 0 Å². The quantitative estimate of drug-likeness (QED) is 0.0321. The average Bonchev–Trinajstić information content (AvgIpc) is 3.32. The summed E-state index contributed by atoms with van der Waals surface area (Å²) in [4.78, 5) is 26.3. The van der Waals surface area contributed by atoms with Gasteiger partial charge in [0.2, 0.25) is 5.91 Å². The van der Waals surface area contributed by atoms with Crippen molar-refractivity contribution >= 4 is 11.9 Å². The number of nitrogens with one attached hydrogen (secondary N) is 1. The third-order valence-corrected chi connectivity index (χ3v) is 13.4. The molecule has 67 heavy (non-hydrogen) atoms. The third kappa shape index (κ3) is 50.0. The van der Waals surface area contributed by atoms with Gasteiger partial charge in [0.1, 0.15) is 6.10 Å². The van der Waals surface area contributed by atoms with E-state index in [9.17, 15) is 19.8 Å². The van der Waals surface area contributed by atoms with Gasteiger partial charge in [0.15, 0.2) is 0 Å². The fourth-order valence-electron chi connectivity index (χ4n) is 8.94. The van der Waals surface area contributed by atoms with Gasteiger partial charge in [0, 0.05) is 6.42 Å². The minimum absolute atomic E-state index is 0.0562. The van der Waals surface area contributed by atoms with Gasteiger partial charge in [-0.15, -0.1) is 0 Å². The predicted molar refractivity (Wildman–Crippen MR) is 292 cm³/mol. The van der Waals surface area contributed by atoms with Crippen molar-refractivity contribution in [3.8, 4) is 0 Å². The van der Waals surface area contributed by atoms with E-state index in [1.807, 2.05) is 0 Å². The van der Waals surface area contributed by atoms with Gasteiger partial charge in [0.05, 0.1) is 25.2 Å². The molecule has 0 fully saturated rings. The lowest BCUT2D eigenvalue weighted by Gasteiger charge is -2.24. The van der Waals surface area contributed by atoms with Crippen molar-refractivity contribution < 1.29 is 24.5 Å². The van der Waals surface area contributed by atoms with E-state index in [1.165, 1.54) is 180 Å². The second-order valence-corrected chi connectivity index (χ2v) is 20.1. The molecule has 0 spiro atoms. The Morgan fingerprint density at radius 3 is 1.15 bits per heavy atom. The largest absolute Gasteiger partial charge is 0.462 e. The zero-order valence-corrected chi connectivity index (χ0v) is 44.8. The molecular weight excluding hydrogens is 827 g/mol. The van der Waals surface area contributed by atoms with Gasteiger partial charge >= 0.3 is 5.97 Å². The van der Waals surface area contributed by atoms with E-state index >= 15 is 0 Å². The van der Waals surface area contributed by atoms with Crippen molar-refractivity contribution in [2.45, 2.75) is 322 Å². The van der Waals surface area contributed by atoms with Crippen LogP contribution in [0.2, 0.25) is 0 Å². The molecule has 6 nitrogen and oxygen atoms in total. The van der Waals surface area contributed by atoms with Gasteiger partial charge in [-0.2, -0.15) is 0 Å². The molecule has 3 unspecified atom stereocenters. The monoisotopic (exact) mass is 940 g/mol. The van der Waals surface area contributed by atoms with Crippen molar-refractivity contribution in [2.75, 3.05) is 6.61 Å². The highest BCUT2D eigenvalue weighted by molar-refractivity contribution is 5.77. The Bertz CT molecular complexity index is 1150. The molecule has 6 heteroatoms. The molecule has 1 amide bonds. The number of aliphatic hydroxyl groups excluding tert-OH is 2. The molecule has 0 aliphatic heterocycles. The molecule has 392 valence electrons. The first-order chi connectivity index (χ1) is 33.0. The highest BCUT2D eigenvalue weighted by Gasteiger charge is 2.24. The summed E-state index contributed by atoms with van der Waals surface area (Å²) in [7, 11) is 0. The zero-order valence-electron chi connectivity index (χ0n) is 44.8. The number of aliphatic hydroxyl groups is 2. The lowest BCUT2D eigenvalue weighted by atomic mass is 10.0. The molecule has 0 aliphatic rings. The Hall–Kier alpha value is -2.18. The van der Waals surface area contributed by atoms with Crippen LogP contribution in [0.1, 0.15) is 303 Å². The Morgan fingerprint density at radius 1 is 0.433 bits per heavy atom. The molecule has 0 heterocycles. The number of amides is 1. The molecule has 0 saturated heterocycles. The maximum Gasteiger partial charge on any atom is 0.306 e. The van der Waals surface area contributed by atoms with Gasteiger partial charge < -0.3 is 20.3 Å². The molecule has 3 N–H and O–H groups in total. The number of carbonyl (C=O) groups is 2. The molecule has 0 aromatic carbocycles. The van der Waals surface area contributed by atoms with Crippen LogP contribution >= 0.6 is 0 Å². The first-order valence-corrected chi connectivity index (χ1v) is 29.4.